The number of piperazine rings is 1. The summed E-state index contributed by atoms with van der Waals surface area (Å²) < 4.78 is 5.06. The van der Waals surface area contributed by atoms with Gasteiger partial charge in [-0.3, -0.25) is 9.59 Å². The number of nitrogens with zero attached hydrogens (tertiary/aromatic N) is 1. The first-order valence-electron chi connectivity index (χ1n) is 7.79. The van der Waals surface area contributed by atoms with E-state index in [9.17, 15) is 9.59 Å². The first kappa shape index (κ1) is 14.2. The summed E-state index contributed by atoms with van der Waals surface area (Å²) in [6.45, 7) is 2.22. The highest BCUT2D eigenvalue weighted by molar-refractivity contribution is 5.96. The highest BCUT2D eigenvalue weighted by atomic mass is 16.3. The summed E-state index contributed by atoms with van der Waals surface area (Å²) in [7, 11) is 0. The number of rotatable bonds is 3. The Bertz CT molecular complexity index is 506. The van der Waals surface area contributed by atoms with Crippen LogP contribution < -0.4 is 5.32 Å². The third-order valence-electron chi connectivity index (χ3n) is 4.75. The molecule has 5 nitrogen and oxygen atoms in total. The highest BCUT2D eigenvalue weighted by Gasteiger charge is 2.41. The van der Waals surface area contributed by atoms with Crippen molar-refractivity contribution in [1.82, 2.24) is 10.2 Å². The minimum absolute atomic E-state index is 0.0475. The van der Waals surface area contributed by atoms with Crippen molar-refractivity contribution in [3.8, 4) is 0 Å². The van der Waals surface area contributed by atoms with Crippen LogP contribution in [0.25, 0.3) is 0 Å². The molecule has 2 fully saturated rings. The average molecular weight is 290 g/mol. The molecule has 1 saturated heterocycles. The van der Waals surface area contributed by atoms with E-state index < -0.39 is 6.04 Å². The first-order valence-corrected chi connectivity index (χ1v) is 7.79. The van der Waals surface area contributed by atoms with Gasteiger partial charge in [-0.1, -0.05) is 19.3 Å². The Kier molecular flexibility index (Phi) is 3.99. The largest absolute Gasteiger partial charge is 0.472 e. The molecule has 1 aliphatic heterocycles. The van der Waals surface area contributed by atoms with Gasteiger partial charge in [-0.15, -0.1) is 0 Å². The van der Waals surface area contributed by atoms with Gasteiger partial charge in [0.05, 0.1) is 12.5 Å². The number of carbonyl (C=O) groups excluding carboxylic acids is 2. The second kappa shape index (κ2) is 5.92. The Morgan fingerprint density at radius 1 is 1.29 bits per heavy atom. The number of amides is 2. The van der Waals surface area contributed by atoms with Gasteiger partial charge in [0.25, 0.3) is 0 Å². The maximum absolute atomic E-state index is 12.8. The molecular weight excluding hydrogens is 268 g/mol. The van der Waals surface area contributed by atoms with Gasteiger partial charge in [0.2, 0.25) is 11.8 Å². The molecule has 2 unspecified atom stereocenters. The van der Waals surface area contributed by atoms with Crippen molar-refractivity contribution in [3.63, 3.8) is 0 Å². The Hall–Kier alpha value is -1.78. The van der Waals surface area contributed by atoms with Crippen LogP contribution in [0.5, 0.6) is 0 Å². The zero-order valence-electron chi connectivity index (χ0n) is 12.4. The minimum Gasteiger partial charge on any atom is -0.472 e. The van der Waals surface area contributed by atoms with Gasteiger partial charge in [0, 0.05) is 12.1 Å². The van der Waals surface area contributed by atoms with E-state index in [0.29, 0.717) is 6.54 Å². The molecule has 2 atom stereocenters. The fraction of sp³-hybridized carbons (Fsp3) is 0.625. The molecule has 1 aliphatic carbocycles. The predicted octanol–water partition coefficient (Wildman–Crippen LogP) is 2.08. The van der Waals surface area contributed by atoms with Crippen LogP contribution in [-0.4, -0.2) is 28.8 Å². The first-order chi connectivity index (χ1) is 10.2. The lowest BCUT2D eigenvalue weighted by atomic mass is 9.82. The summed E-state index contributed by atoms with van der Waals surface area (Å²) in [5.74, 6) is 0.290. The van der Waals surface area contributed by atoms with Crippen molar-refractivity contribution in [2.75, 3.05) is 0 Å². The van der Waals surface area contributed by atoms with Gasteiger partial charge in [0.15, 0.2) is 0 Å². The second-order valence-corrected chi connectivity index (χ2v) is 6.16. The quantitative estimate of drug-likeness (QED) is 0.927. The Morgan fingerprint density at radius 2 is 2.05 bits per heavy atom. The molecule has 1 saturated carbocycles. The van der Waals surface area contributed by atoms with Gasteiger partial charge < -0.3 is 14.6 Å². The van der Waals surface area contributed by atoms with Crippen LogP contribution in [0, 0.1) is 5.92 Å². The van der Waals surface area contributed by atoms with Crippen LogP contribution >= 0.6 is 0 Å². The van der Waals surface area contributed by atoms with Crippen LogP contribution in [0.3, 0.4) is 0 Å². The normalized spacial score (nSPS) is 27.8. The standard InChI is InChI=1S/C16H22N2O3/c1-11-15(19)17-14(13-5-3-2-4-6-13)16(20)18(11)9-12-7-8-21-10-12/h7-8,10-11,13-14H,2-6,9H2,1H3,(H,17,19). The van der Waals surface area contributed by atoms with Crippen molar-refractivity contribution >= 4 is 11.8 Å². The van der Waals surface area contributed by atoms with E-state index in [-0.39, 0.29) is 23.8 Å². The van der Waals surface area contributed by atoms with Gasteiger partial charge in [-0.05, 0) is 31.7 Å². The zero-order valence-corrected chi connectivity index (χ0v) is 12.4. The molecular formula is C16H22N2O3. The number of hydrogen-bond acceptors (Lipinski definition) is 3. The average Bonchev–Trinajstić information content (AvgIpc) is 3.01. The molecule has 1 aromatic rings. The molecule has 2 amide bonds. The topological polar surface area (TPSA) is 62.6 Å². The maximum atomic E-state index is 12.8. The molecule has 2 aliphatic rings. The Morgan fingerprint density at radius 3 is 2.71 bits per heavy atom. The van der Waals surface area contributed by atoms with E-state index in [1.807, 2.05) is 6.07 Å². The summed E-state index contributed by atoms with van der Waals surface area (Å²) in [5, 5.41) is 2.94. The SMILES string of the molecule is CC1C(=O)NC(C2CCCCC2)C(=O)N1Cc1ccoc1. The Balaban J connectivity index is 1.77. The van der Waals surface area contributed by atoms with Crippen molar-refractivity contribution in [1.29, 1.82) is 0 Å². The molecule has 0 spiro atoms. The molecule has 1 N–H and O–H groups in total. The van der Waals surface area contributed by atoms with E-state index in [2.05, 4.69) is 5.32 Å². The van der Waals surface area contributed by atoms with Crippen molar-refractivity contribution < 1.29 is 14.0 Å². The smallest absolute Gasteiger partial charge is 0.246 e. The summed E-state index contributed by atoms with van der Waals surface area (Å²) >= 11 is 0. The van der Waals surface area contributed by atoms with Crippen molar-refractivity contribution in [3.05, 3.63) is 24.2 Å². The summed E-state index contributed by atoms with van der Waals surface area (Å²) in [6.07, 6.45) is 8.83. The van der Waals surface area contributed by atoms with E-state index in [4.69, 9.17) is 4.42 Å². The van der Waals surface area contributed by atoms with Gasteiger partial charge in [-0.25, -0.2) is 0 Å². The van der Waals surface area contributed by atoms with Crippen molar-refractivity contribution in [2.24, 2.45) is 5.92 Å². The third kappa shape index (κ3) is 2.82. The van der Waals surface area contributed by atoms with E-state index >= 15 is 0 Å². The van der Waals surface area contributed by atoms with E-state index in [1.165, 1.54) is 6.42 Å². The fourth-order valence-corrected chi connectivity index (χ4v) is 3.43. The van der Waals surface area contributed by atoms with Gasteiger partial charge >= 0.3 is 0 Å². The number of nitrogens with one attached hydrogen (secondary N) is 1. The number of furan rings is 1. The molecule has 0 aromatic carbocycles. The van der Waals surface area contributed by atoms with Crippen LogP contribution in [0.15, 0.2) is 23.0 Å². The molecule has 1 aromatic heterocycles. The van der Waals surface area contributed by atoms with Crippen LogP contribution in [-0.2, 0) is 16.1 Å². The molecule has 114 valence electrons. The summed E-state index contributed by atoms with van der Waals surface area (Å²) in [6, 6.07) is 1.07. The van der Waals surface area contributed by atoms with Crippen LogP contribution in [0.4, 0.5) is 0 Å². The van der Waals surface area contributed by atoms with Crippen molar-refractivity contribution in [2.45, 2.75) is 57.7 Å². The van der Waals surface area contributed by atoms with E-state index in [0.717, 1.165) is 31.2 Å². The molecule has 21 heavy (non-hydrogen) atoms. The Labute approximate surface area is 124 Å². The monoisotopic (exact) mass is 290 g/mol. The molecule has 3 rings (SSSR count). The lowest BCUT2D eigenvalue weighted by molar-refractivity contribution is -0.151. The fourth-order valence-electron chi connectivity index (χ4n) is 3.43. The summed E-state index contributed by atoms with van der Waals surface area (Å²) in [5.41, 5.74) is 0.923. The van der Waals surface area contributed by atoms with Crippen LogP contribution in [0.1, 0.15) is 44.6 Å². The maximum Gasteiger partial charge on any atom is 0.246 e. The minimum atomic E-state index is -0.424. The lowest BCUT2D eigenvalue weighted by Gasteiger charge is -2.41. The van der Waals surface area contributed by atoms with Gasteiger partial charge in [-0.2, -0.15) is 0 Å². The third-order valence-corrected chi connectivity index (χ3v) is 4.75. The number of hydrogen-bond donors (Lipinski definition) is 1. The molecule has 0 bridgehead atoms. The van der Waals surface area contributed by atoms with Gasteiger partial charge in [0.1, 0.15) is 12.1 Å². The van der Waals surface area contributed by atoms with Crippen LogP contribution in [0.2, 0.25) is 0 Å². The highest BCUT2D eigenvalue weighted by Crippen LogP contribution is 2.29. The predicted molar refractivity (Wildman–Crippen MR) is 77.2 cm³/mol. The molecule has 2 heterocycles. The lowest BCUT2D eigenvalue weighted by Crippen LogP contribution is -2.64. The zero-order chi connectivity index (χ0) is 14.8. The number of carbonyl (C=O) groups is 2. The molecule has 0 radical (unpaired) electrons. The second-order valence-electron chi connectivity index (χ2n) is 6.16. The molecule has 5 heteroatoms. The van der Waals surface area contributed by atoms with E-state index in [1.54, 1.807) is 24.3 Å². The summed E-state index contributed by atoms with van der Waals surface area (Å²) in [4.78, 5) is 26.7.